The lowest BCUT2D eigenvalue weighted by molar-refractivity contribution is -0.120. The highest BCUT2D eigenvalue weighted by molar-refractivity contribution is 8.14. The van der Waals surface area contributed by atoms with Crippen LogP contribution in [0.25, 0.3) is 5.70 Å². The van der Waals surface area contributed by atoms with Crippen LogP contribution in [0.15, 0.2) is 34.0 Å². The Morgan fingerprint density at radius 3 is 3.08 bits per heavy atom. The summed E-state index contributed by atoms with van der Waals surface area (Å²) in [6, 6.07) is 5.52. The number of thioether (sulfide) groups is 1. The quantitative estimate of drug-likeness (QED) is 0.658. The molecule has 1 amide bonds. The van der Waals surface area contributed by atoms with Crippen molar-refractivity contribution in [3.8, 4) is 23.8 Å². The lowest BCUT2D eigenvalue weighted by Gasteiger charge is -2.27. The molecule has 8 heteroatoms. The molecule has 25 heavy (non-hydrogen) atoms. The van der Waals surface area contributed by atoms with Crippen molar-refractivity contribution in [2.75, 3.05) is 19.1 Å². The number of allylic oxidation sites excluding steroid dienone is 1. The van der Waals surface area contributed by atoms with Gasteiger partial charge in [-0.25, -0.2) is 0 Å². The summed E-state index contributed by atoms with van der Waals surface area (Å²) >= 11 is 1.28. The van der Waals surface area contributed by atoms with Gasteiger partial charge in [-0.05, 0) is 31.8 Å². The van der Waals surface area contributed by atoms with Gasteiger partial charge in [0.05, 0.1) is 17.1 Å². The molecule has 0 atom stereocenters. The summed E-state index contributed by atoms with van der Waals surface area (Å²) in [5, 5.41) is 9.23. The maximum atomic E-state index is 12.1. The first-order valence-electron chi connectivity index (χ1n) is 7.42. The van der Waals surface area contributed by atoms with Crippen molar-refractivity contribution in [1.82, 2.24) is 10.3 Å². The Bertz CT molecular complexity index is 826. The molecule has 0 fully saturated rings. The number of carbonyl (C=O) groups excluding carboxylic acids is 1. The number of amidine groups is 1. The number of nitrogens with zero attached hydrogens (tertiary/aromatic N) is 3. The van der Waals surface area contributed by atoms with Crippen molar-refractivity contribution in [1.29, 1.82) is 0 Å². The number of hydrogen-bond donors (Lipinski definition) is 1. The van der Waals surface area contributed by atoms with Crippen molar-refractivity contribution in [2.24, 2.45) is 10.1 Å². The molecule has 0 aromatic heterocycles. The van der Waals surface area contributed by atoms with Gasteiger partial charge in [-0.15, -0.1) is 11.5 Å². The fraction of sp³-hybridized carbons (Fsp3) is 0.235. The first-order valence-corrected chi connectivity index (χ1v) is 8.41. The van der Waals surface area contributed by atoms with Gasteiger partial charge in [-0.3, -0.25) is 14.8 Å². The molecule has 0 saturated carbocycles. The Labute approximate surface area is 149 Å². The average Bonchev–Trinajstić information content (AvgIpc) is 3.07. The van der Waals surface area contributed by atoms with E-state index in [0.717, 1.165) is 5.56 Å². The Balaban J connectivity index is 2.00. The summed E-state index contributed by atoms with van der Waals surface area (Å²) in [5.74, 6) is 4.06. The van der Waals surface area contributed by atoms with Gasteiger partial charge >= 0.3 is 0 Å². The van der Waals surface area contributed by atoms with E-state index in [0.29, 0.717) is 33.8 Å². The van der Waals surface area contributed by atoms with Gasteiger partial charge < -0.3 is 14.8 Å². The summed E-state index contributed by atoms with van der Waals surface area (Å²) in [5.41, 5.74) is 2.11. The second kappa shape index (κ2) is 7.32. The molecule has 2 aliphatic heterocycles. The van der Waals surface area contributed by atoms with Gasteiger partial charge in [-0.2, -0.15) is 0 Å². The van der Waals surface area contributed by atoms with Crippen LogP contribution in [0, 0.1) is 12.3 Å². The van der Waals surface area contributed by atoms with Gasteiger partial charge in [0.1, 0.15) is 6.54 Å². The number of aliphatic imine (C=N–C) groups is 1. The molecular formula is C17H16N4O3S. The van der Waals surface area contributed by atoms with Crippen LogP contribution in [0.3, 0.4) is 0 Å². The number of nitrogens with one attached hydrogen (secondary N) is 1. The molecule has 2 aliphatic rings. The van der Waals surface area contributed by atoms with E-state index >= 15 is 0 Å². The Morgan fingerprint density at radius 2 is 2.32 bits per heavy atom. The SMILES string of the molecule is C#CCSC1=NN(/C(=C(/C)N=C)c2ccc3c(c2)OCO3)CC(=O)N1. The molecule has 128 valence electrons. The van der Waals surface area contributed by atoms with E-state index in [1.165, 1.54) is 11.8 Å². The minimum atomic E-state index is -0.176. The fourth-order valence-corrected chi connectivity index (χ4v) is 2.99. The molecule has 1 N–H and O–H groups in total. The molecule has 0 unspecified atom stereocenters. The van der Waals surface area contributed by atoms with Crippen LogP contribution in [0.2, 0.25) is 0 Å². The molecule has 0 radical (unpaired) electrons. The zero-order chi connectivity index (χ0) is 17.8. The number of hydrazone groups is 1. The number of hydrogen-bond acceptors (Lipinski definition) is 7. The Kier molecular flexibility index (Phi) is 4.95. The number of carbonyl (C=O) groups is 1. The van der Waals surface area contributed by atoms with E-state index in [2.05, 4.69) is 28.0 Å². The molecule has 0 saturated heterocycles. The monoisotopic (exact) mass is 356 g/mol. The van der Waals surface area contributed by atoms with Gasteiger partial charge in [-0.1, -0.05) is 17.7 Å². The molecule has 0 spiro atoms. The van der Waals surface area contributed by atoms with Crippen molar-refractivity contribution < 1.29 is 14.3 Å². The van der Waals surface area contributed by atoms with E-state index in [1.54, 1.807) is 5.01 Å². The van der Waals surface area contributed by atoms with Gasteiger partial charge in [0.2, 0.25) is 12.7 Å². The molecule has 2 heterocycles. The first kappa shape index (κ1) is 16.9. The Morgan fingerprint density at radius 1 is 1.52 bits per heavy atom. The number of terminal acetylenes is 1. The Hall–Kier alpha value is -2.92. The normalized spacial score (nSPS) is 16.6. The topological polar surface area (TPSA) is 75.5 Å². The van der Waals surface area contributed by atoms with Crippen LogP contribution in [-0.4, -0.2) is 41.9 Å². The zero-order valence-electron chi connectivity index (χ0n) is 13.6. The van der Waals surface area contributed by atoms with E-state index in [4.69, 9.17) is 15.9 Å². The third-order valence-corrected chi connectivity index (χ3v) is 4.30. The standard InChI is InChI=1S/C17H16N4O3S/c1-4-7-25-17-19-15(22)9-21(20-17)16(11(2)18-3)12-5-6-13-14(8-12)24-10-23-13/h1,5-6,8H,3,7,9-10H2,2H3,(H,19,20,22)/b16-11-. The van der Waals surface area contributed by atoms with Gasteiger partial charge in [0, 0.05) is 5.56 Å². The number of benzene rings is 1. The smallest absolute Gasteiger partial charge is 0.247 e. The summed E-state index contributed by atoms with van der Waals surface area (Å²) in [6.07, 6.45) is 5.28. The third-order valence-electron chi connectivity index (χ3n) is 3.53. The molecule has 3 rings (SSSR count). The van der Waals surface area contributed by atoms with E-state index in [1.807, 2.05) is 25.1 Å². The first-order chi connectivity index (χ1) is 12.1. The van der Waals surface area contributed by atoms with E-state index < -0.39 is 0 Å². The number of fused-ring (bicyclic) bond motifs is 1. The predicted octanol–water partition coefficient (Wildman–Crippen LogP) is 1.87. The predicted molar refractivity (Wildman–Crippen MR) is 98.3 cm³/mol. The second-order valence-electron chi connectivity index (χ2n) is 5.16. The minimum Gasteiger partial charge on any atom is -0.454 e. The summed E-state index contributed by atoms with van der Waals surface area (Å²) in [4.78, 5) is 16.1. The number of ether oxygens (including phenoxy) is 2. The van der Waals surface area contributed by atoms with Crippen molar-refractivity contribution in [3.05, 3.63) is 29.5 Å². The number of amides is 1. The molecule has 1 aromatic rings. The van der Waals surface area contributed by atoms with Crippen LogP contribution in [0.1, 0.15) is 12.5 Å². The maximum Gasteiger partial charge on any atom is 0.247 e. The average molecular weight is 356 g/mol. The number of rotatable bonds is 4. The molecular weight excluding hydrogens is 340 g/mol. The fourth-order valence-electron chi connectivity index (χ4n) is 2.43. The summed E-state index contributed by atoms with van der Waals surface area (Å²) < 4.78 is 10.8. The van der Waals surface area contributed by atoms with Crippen LogP contribution in [0.5, 0.6) is 11.5 Å². The van der Waals surface area contributed by atoms with Gasteiger partial charge in [0.25, 0.3) is 0 Å². The molecule has 7 nitrogen and oxygen atoms in total. The maximum absolute atomic E-state index is 12.1. The van der Waals surface area contributed by atoms with Crippen molar-refractivity contribution in [3.63, 3.8) is 0 Å². The van der Waals surface area contributed by atoms with Crippen LogP contribution < -0.4 is 14.8 Å². The molecule has 1 aromatic carbocycles. The van der Waals surface area contributed by atoms with Crippen LogP contribution in [-0.2, 0) is 4.79 Å². The highest BCUT2D eigenvalue weighted by Gasteiger charge is 2.25. The molecule has 0 aliphatic carbocycles. The highest BCUT2D eigenvalue weighted by atomic mass is 32.2. The summed E-state index contributed by atoms with van der Waals surface area (Å²) in [6.45, 7) is 5.65. The largest absolute Gasteiger partial charge is 0.454 e. The van der Waals surface area contributed by atoms with E-state index in [9.17, 15) is 4.79 Å². The van der Waals surface area contributed by atoms with Crippen LogP contribution >= 0.6 is 11.8 Å². The third kappa shape index (κ3) is 3.61. The van der Waals surface area contributed by atoms with Crippen LogP contribution in [0.4, 0.5) is 0 Å². The summed E-state index contributed by atoms with van der Waals surface area (Å²) in [7, 11) is 0. The highest BCUT2D eigenvalue weighted by Crippen LogP contribution is 2.36. The van der Waals surface area contributed by atoms with Crippen molar-refractivity contribution in [2.45, 2.75) is 6.92 Å². The second-order valence-corrected chi connectivity index (χ2v) is 6.13. The van der Waals surface area contributed by atoms with Crippen molar-refractivity contribution >= 4 is 35.3 Å². The van der Waals surface area contributed by atoms with Gasteiger partial charge in [0.15, 0.2) is 16.7 Å². The van der Waals surface area contributed by atoms with E-state index in [-0.39, 0.29) is 19.2 Å². The zero-order valence-corrected chi connectivity index (χ0v) is 14.4. The lowest BCUT2D eigenvalue weighted by Crippen LogP contribution is -2.43. The minimum absolute atomic E-state index is 0.0662. The molecule has 0 bridgehead atoms. The lowest BCUT2D eigenvalue weighted by atomic mass is 10.1.